The van der Waals surface area contributed by atoms with E-state index in [1.807, 2.05) is 30.3 Å². The molecule has 2 N–H and O–H groups in total. The number of halogens is 1. The first-order chi connectivity index (χ1) is 15.3. The molecule has 0 saturated carbocycles. The molecule has 7 heteroatoms. The van der Waals surface area contributed by atoms with Gasteiger partial charge in [0.15, 0.2) is 0 Å². The van der Waals surface area contributed by atoms with Crippen LogP contribution < -0.4 is 0 Å². The topological polar surface area (TPSA) is 83.1 Å². The van der Waals surface area contributed by atoms with Crippen LogP contribution in [0.1, 0.15) is 0 Å². The maximum Gasteiger partial charge on any atom is 0.132 e. The summed E-state index contributed by atoms with van der Waals surface area (Å²) in [6.07, 6.45) is 6.75. The second-order valence-electron chi connectivity index (χ2n) is 7.24. The van der Waals surface area contributed by atoms with Gasteiger partial charge in [0.2, 0.25) is 0 Å². The number of nitrogens with one attached hydrogen (secondary N) is 2. The fourth-order valence-electron chi connectivity index (χ4n) is 3.90. The van der Waals surface area contributed by atoms with Crippen LogP contribution in [-0.4, -0.2) is 30.1 Å². The van der Waals surface area contributed by atoms with Gasteiger partial charge >= 0.3 is 0 Å². The summed E-state index contributed by atoms with van der Waals surface area (Å²) in [5, 5.41) is 9.43. The summed E-state index contributed by atoms with van der Waals surface area (Å²) < 4.78 is 14.4. The Hall–Kier alpha value is -4.39. The maximum atomic E-state index is 14.4. The number of aromatic amines is 2. The molecule has 0 radical (unpaired) electrons. The van der Waals surface area contributed by atoms with Crippen molar-refractivity contribution in [3.8, 4) is 33.8 Å². The standard InChI is InChI=1S/C24H15FN6/c25-19-4-2-1-3-16(19)23-18-10-22(29-20(18)7-8-28-23)24-17-9-14(5-6-21(17)30-31-24)15-11-26-13-27-12-15/h1-13,29H,(H,30,31). The highest BCUT2D eigenvalue weighted by atomic mass is 19.1. The molecule has 0 unspecified atom stereocenters. The molecule has 0 atom stereocenters. The lowest BCUT2D eigenvalue weighted by Gasteiger charge is -2.03. The number of nitrogens with zero attached hydrogens (tertiary/aromatic N) is 4. The molecular weight excluding hydrogens is 391 g/mol. The van der Waals surface area contributed by atoms with Gasteiger partial charge in [0.05, 0.1) is 16.9 Å². The van der Waals surface area contributed by atoms with Gasteiger partial charge in [-0.3, -0.25) is 10.1 Å². The van der Waals surface area contributed by atoms with Crippen LogP contribution in [0.15, 0.2) is 79.5 Å². The van der Waals surface area contributed by atoms with Gasteiger partial charge in [-0.25, -0.2) is 14.4 Å². The Kier molecular flexibility index (Phi) is 3.86. The van der Waals surface area contributed by atoms with E-state index in [1.54, 1.807) is 30.7 Å². The van der Waals surface area contributed by atoms with Crippen molar-refractivity contribution in [2.75, 3.05) is 0 Å². The van der Waals surface area contributed by atoms with Crippen molar-refractivity contribution in [2.24, 2.45) is 0 Å². The van der Waals surface area contributed by atoms with E-state index >= 15 is 0 Å². The monoisotopic (exact) mass is 406 g/mol. The average Bonchev–Trinajstić information content (AvgIpc) is 3.43. The first kappa shape index (κ1) is 17.5. The van der Waals surface area contributed by atoms with Crippen LogP contribution in [0, 0.1) is 5.82 Å². The van der Waals surface area contributed by atoms with Gasteiger partial charge in [-0.2, -0.15) is 5.10 Å². The summed E-state index contributed by atoms with van der Waals surface area (Å²) >= 11 is 0. The molecule has 0 aliphatic heterocycles. The SMILES string of the molecule is Fc1ccccc1-c1nccc2[nH]c(-c3n[nH]c4ccc(-c5cncnc5)cc34)cc12. The molecule has 0 saturated heterocycles. The van der Waals surface area contributed by atoms with Gasteiger partial charge in [0, 0.05) is 46.0 Å². The minimum absolute atomic E-state index is 0.301. The van der Waals surface area contributed by atoms with E-state index in [9.17, 15) is 4.39 Å². The minimum Gasteiger partial charge on any atom is -0.353 e. The van der Waals surface area contributed by atoms with Crippen molar-refractivity contribution in [2.45, 2.75) is 0 Å². The molecule has 2 aromatic carbocycles. The van der Waals surface area contributed by atoms with Gasteiger partial charge in [-0.05, 0) is 42.0 Å². The molecule has 0 amide bonds. The van der Waals surface area contributed by atoms with Crippen molar-refractivity contribution in [3.05, 3.63) is 85.3 Å². The molecule has 0 bridgehead atoms. The highest BCUT2D eigenvalue weighted by molar-refractivity contribution is 6.00. The summed E-state index contributed by atoms with van der Waals surface area (Å²) in [7, 11) is 0. The second kappa shape index (κ2) is 6.84. The van der Waals surface area contributed by atoms with Crippen molar-refractivity contribution >= 4 is 21.8 Å². The highest BCUT2D eigenvalue weighted by Crippen LogP contribution is 2.34. The van der Waals surface area contributed by atoms with Crippen LogP contribution >= 0.6 is 0 Å². The third-order valence-corrected chi connectivity index (χ3v) is 5.39. The lowest BCUT2D eigenvalue weighted by Crippen LogP contribution is -1.87. The first-order valence-corrected chi connectivity index (χ1v) is 9.74. The van der Waals surface area contributed by atoms with Gasteiger partial charge in [0.1, 0.15) is 17.8 Å². The van der Waals surface area contributed by atoms with Gasteiger partial charge in [-0.1, -0.05) is 18.2 Å². The Morgan fingerprint density at radius 2 is 1.61 bits per heavy atom. The molecule has 148 valence electrons. The molecular formula is C24H15FN6. The van der Waals surface area contributed by atoms with E-state index in [4.69, 9.17) is 0 Å². The molecule has 0 aliphatic carbocycles. The number of rotatable bonds is 3. The lowest BCUT2D eigenvalue weighted by molar-refractivity contribution is 0.631. The summed E-state index contributed by atoms with van der Waals surface area (Å²) in [6.45, 7) is 0. The number of aromatic nitrogens is 6. The Balaban J connectivity index is 1.53. The van der Waals surface area contributed by atoms with Crippen molar-refractivity contribution in [3.63, 3.8) is 0 Å². The van der Waals surface area contributed by atoms with E-state index in [0.717, 1.165) is 44.3 Å². The number of fused-ring (bicyclic) bond motifs is 2. The first-order valence-electron chi connectivity index (χ1n) is 9.74. The Morgan fingerprint density at radius 3 is 2.48 bits per heavy atom. The fraction of sp³-hybridized carbons (Fsp3) is 0. The van der Waals surface area contributed by atoms with E-state index in [0.29, 0.717) is 11.3 Å². The Labute approximate surface area is 175 Å². The molecule has 4 aromatic heterocycles. The summed E-state index contributed by atoms with van der Waals surface area (Å²) in [5.41, 5.74) is 6.39. The molecule has 6 rings (SSSR count). The summed E-state index contributed by atoms with van der Waals surface area (Å²) in [5.74, 6) is -0.301. The highest BCUT2D eigenvalue weighted by Gasteiger charge is 2.16. The van der Waals surface area contributed by atoms with Crippen molar-refractivity contribution in [1.82, 2.24) is 30.1 Å². The molecule has 6 aromatic rings. The molecule has 0 fully saturated rings. The van der Waals surface area contributed by atoms with E-state index < -0.39 is 0 Å². The predicted octanol–water partition coefficient (Wildman–Crippen LogP) is 5.37. The zero-order chi connectivity index (χ0) is 20.8. The van der Waals surface area contributed by atoms with Crippen LogP contribution in [0.2, 0.25) is 0 Å². The number of hydrogen-bond donors (Lipinski definition) is 2. The minimum atomic E-state index is -0.301. The van der Waals surface area contributed by atoms with Crippen LogP contribution in [0.5, 0.6) is 0 Å². The molecule has 0 spiro atoms. The number of H-pyrrole nitrogens is 2. The summed E-state index contributed by atoms with van der Waals surface area (Å²) in [4.78, 5) is 16.1. The van der Waals surface area contributed by atoms with Crippen LogP contribution in [-0.2, 0) is 0 Å². The van der Waals surface area contributed by atoms with E-state index in [2.05, 4.69) is 36.2 Å². The average molecular weight is 406 g/mol. The Morgan fingerprint density at radius 1 is 0.774 bits per heavy atom. The predicted molar refractivity (Wildman–Crippen MR) is 118 cm³/mol. The van der Waals surface area contributed by atoms with Gasteiger partial charge in [-0.15, -0.1) is 0 Å². The van der Waals surface area contributed by atoms with Crippen molar-refractivity contribution < 1.29 is 4.39 Å². The lowest BCUT2D eigenvalue weighted by atomic mass is 10.0. The van der Waals surface area contributed by atoms with E-state index in [-0.39, 0.29) is 5.82 Å². The molecule has 31 heavy (non-hydrogen) atoms. The largest absolute Gasteiger partial charge is 0.353 e. The zero-order valence-corrected chi connectivity index (χ0v) is 16.2. The van der Waals surface area contributed by atoms with Gasteiger partial charge in [0.25, 0.3) is 0 Å². The summed E-state index contributed by atoms with van der Waals surface area (Å²) in [6, 6.07) is 16.6. The molecule has 6 nitrogen and oxygen atoms in total. The third kappa shape index (κ3) is 2.86. The molecule has 4 heterocycles. The fourth-order valence-corrected chi connectivity index (χ4v) is 3.90. The van der Waals surface area contributed by atoms with E-state index in [1.165, 1.54) is 12.4 Å². The molecule has 0 aliphatic rings. The van der Waals surface area contributed by atoms with Gasteiger partial charge < -0.3 is 4.98 Å². The number of hydrogen-bond acceptors (Lipinski definition) is 4. The smallest absolute Gasteiger partial charge is 0.132 e. The van der Waals surface area contributed by atoms with Crippen LogP contribution in [0.4, 0.5) is 4.39 Å². The van der Waals surface area contributed by atoms with Crippen LogP contribution in [0.25, 0.3) is 55.6 Å². The number of pyridine rings is 1. The Bertz CT molecular complexity index is 1550. The third-order valence-electron chi connectivity index (χ3n) is 5.39. The normalized spacial score (nSPS) is 11.4. The van der Waals surface area contributed by atoms with Crippen LogP contribution in [0.3, 0.4) is 0 Å². The number of benzene rings is 2. The zero-order valence-electron chi connectivity index (χ0n) is 16.2. The second-order valence-corrected chi connectivity index (χ2v) is 7.24. The maximum absolute atomic E-state index is 14.4. The van der Waals surface area contributed by atoms with Crippen molar-refractivity contribution in [1.29, 1.82) is 0 Å². The quantitative estimate of drug-likeness (QED) is 0.414.